The number of hydrogen-bond acceptors (Lipinski definition) is 1. The highest BCUT2D eigenvalue weighted by Crippen LogP contribution is 2.17. The Hall–Kier alpha value is -1.18. The highest BCUT2D eigenvalue weighted by molar-refractivity contribution is 5.42. The standard InChI is InChI=1S/C14H22NO/c1-3-5-6-7-11-15-13-9-8-10-14(12-13)16-4-2/h8-10,12H,3-7,11H2,1-2H3. The molecule has 0 aliphatic carbocycles. The molecule has 2 nitrogen and oxygen atoms in total. The molecule has 16 heavy (non-hydrogen) atoms. The second-order valence-electron chi connectivity index (χ2n) is 3.87. The lowest BCUT2D eigenvalue weighted by Crippen LogP contribution is -2.00. The second kappa shape index (κ2) is 8.03. The van der Waals surface area contributed by atoms with Crippen molar-refractivity contribution in [2.45, 2.75) is 39.5 Å². The molecule has 0 aromatic heterocycles. The van der Waals surface area contributed by atoms with Crippen LogP contribution in [0, 0.1) is 0 Å². The SMILES string of the molecule is CCCCCC[N]c1cccc(OCC)c1. The van der Waals surface area contributed by atoms with Crippen LogP contribution in [0.25, 0.3) is 0 Å². The zero-order chi connectivity index (χ0) is 11.6. The highest BCUT2D eigenvalue weighted by Gasteiger charge is 1.97. The highest BCUT2D eigenvalue weighted by atomic mass is 16.5. The zero-order valence-corrected chi connectivity index (χ0v) is 10.4. The topological polar surface area (TPSA) is 23.3 Å². The van der Waals surface area contributed by atoms with Crippen molar-refractivity contribution in [1.82, 2.24) is 5.32 Å². The fourth-order valence-corrected chi connectivity index (χ4v) is 1.59. The Bertz CT molecular complexity index is 286. The molecule has 0 fully saturated rings. The summed E-state index contributed by atoms with van der Waals surface area (Å²) in [4.78, 5) is 0. The quantitative estimate of drug-likeness (QED) is 0.609. The molecule has 1 aromatic carbocycles. The summed E-state index contributed by atoms with van der Waals surface area (Å²) < 4.78 is 5.43. The number of hydrogen-bond donors (Lipinski definition) is 0. The summed E-state index contributed by atoms with van der Waals surface area (Å²) in [6, 6.07) is 8.00. The van der Waals surface area contributed by atoms with E-state index in [4.69, 9.17) is 4.74 Å². The fourth-order valence-electron chi connectivity index (χ4n) is 1.59. The van der Waals surface area contributed by atoms with Crippen LogP contribution in [0.5, 0.6) is 5.75 Å². The van der Waals surface area contributed by atoms with Gasteiger partial charge in [-0.15, -0.1) is 0 Å². The van der Waals surface area contributed by atoms with E-state index >= 15 is 0 Å². The summed E-state index contributed by atoms with van der Waals surface area (Å²) in [5, 5.41) is 4.54. The van der Waals surface area contributed by atoms with E-state index in [1.807, 2.05) is 31.2 Å². The third-order valence-electron chi connectivity index (χ3n) is 2.43. The van der Waals surface area contributed by atoms with Crippen LogP contribution in [0.4, 0.5) is 5.69 Å². The molecule has 0 saturated carbocycles. The average molecular weight is 220 g/mol. The number of unbranched alkanes of at least 4 members (excludes halogenated alkanes) is 3. The molecule has 0 spiro atoms. The first-order valence-electron chi connectivity index (χ1n) is 6.27. The molecule has 1 aromatic rings. The summed E-state index contributed by atoms with van der Waals surface area (Å²) in [5.41, 5.74) is 1.03. The Labute approximate surface area is 99.0 Å². The van der Waals surface area contributed by atoms with E-state index in [-0.39, 0.29) is 0 Å². The molecule has 0 aliphatic heterocycles. The summed E-state index contributed by atoms with van der Waals surface area (Å²) in [7, 11) is 0. The van der Waals surface area contributed by atoms with Crippen LogP contribution in [-0.4, -0.2) is 13.2 Å². The van der Waals surface area contributed by atoms with Gasteiger partial charge in [-0.25, -0.2) is 0 Å². The van der Waals surface area contributed by atoms with Crippen LogP contribution in [0.1, 0.15) is 39.5 Å². The third-order valence-corrected chi connectivity index (χ3v) is 2.43. The maximum atomic E-state index is 5.43. The van der Waals surface area contributed by atoms with E-state index in [1.54, 1.807) is 0 Å². The van der Waals surface area contributed by atoms with Crippen LogP contribution in [0.3, 0.4) is 0 Å². The van der Waals surface area contributed by atoms with Crippen molar-refractivity contribution >= 4 is 5.69 Å². The largest absolute Gasteiger partial charge is 0.494 e. The van der Waals surface area contributed by atoms with Gasteiger partial charge in [0.1, 0.15) is 5.75 Å². The molecule has 0 saturated heterocycles. The van der Waals surface area contributed by atoms with Gasteiger partial charge in [-0.2, -0.15) is 0 Å². The number of ether oxygens (including phenoxy) is 1. The molecule has 0 heterocycles. The second-order valence-corrected chi connectivity index (χ2v) is 3.87. The minimum Gasteiger partial charge on any atom is -0.494 e. The zero-order valence-electron chi connectivity index (χ0n) is 10.4. The molecule has 2 heteroatoms. The first-order chi connectivity index (χ1) is 7.86. The van der Waals surface area contributed by atoms with Gasteiger partial charge in [-0.1, -0.05) is 32.3 Å². The van der Waals surface area contributed by atoms with Crippen LogP contribution < -0.4 is 10.1 Å². The first kappa shape index (κ1) is 12.9. The molecule has 89 valence electrons. The minimum absolute atomic E-state index is 0.708. The minimum atomic E-state index is 0.708. The third kappa shape index (κ3) is 5.06. The van der Waals surface area contributed by atoms with Gasteiger partial charge in [-0.3, -0.25) is 5.32 Å². The van der Waals surface area contributed by atoms with Crippen molar-refractivity contribution in [1.29, 1.82) is 0 Å². The Kier molecular flexibility index (Phi) is 6.47. The molecule has 0 bridgehead atoms. The maximum Gasteiger partial charge on any atom is 0.121 e. The van der Waals surface area contributed by atoms with E-state index in [2.05, 4.69) is 12.2 Å². The van der Waals surface area contributed by atoms with Crippen molar-refractivity contribution in [3.63, 3.8) is 0 Å². The first-order valence-corrected chi connectivity index (χ1v) is 6.27. The predicted molar refractivity (Wildman–Crippen MR) is 68.4 cm³/mol. The molecule has 1 radical (unpaired) electrons. The van der Waals surface area contributed by atoms with Gasteiger partial charge in [0.25, 0.3) is 0 Å². The van der Waals surface area contributed by atoms with Crippen molar-refractivity contribution < 1.29 is 4.74 Å². The normalized spacial score (nSPS) is 10.1. The number of benzene rings is 1. The molecular formula is C14H22NO. The van der Waals surface area contributed by atoms with E-state index in [1.165, 1.54) is 25.7 Å². The van der Waals surface area contributed by atoms with Crippen molar-refractivity contribution in [2.24, 2.45) is 0 Å². The van der Waals surface area contributed by atoms with Crippen LogP contribution in [0.2, 0.25) is 0 Å². The summed E-state index contributed by atoms with van der Waals surface area (Å²) >= 11 is 0. The van der Waals surface area contributed by atoms with Crippen LogP contribution >= 0.6 is 0 Å². The smallest absolute Gasteiger partial charge is 0.121 e. The Balaban J connectivity index is 2.27. The van der Waals surface area contributed by atoms with Gasteiger partial charge in [0.05, 0.1) is 12.3 Å². The van der Waals surface area contributed by atoms with Gasteiger partial charge in [0.15, 0.2) is 0 Å². The summed E-state index contributed by atoms with van der Waals surface area (Å²) in [6.07, 6.45) is 5.06. The van der Waals surface area contributed by atoms with Crippen molar-refractivity contribution in [2.75, 3.05) is 13.2 Å². The summed E-state index contributed by atoms with van der Waals surface area (Å²) in [5.74, 6) is 0.914. The fraction of sp³-hybridized carbons (Fsp3) is 0.571. The molecule has 0 N–H and O–H groups in total. The van der Waals surface area contributed by atoms with E-state index in [0.717, 1.165) is 18.0 Å². The molecular weight excluding hydrogens is 198 g/mol. The Morgan fingerprint density at radius 1 is 1.12 bits per heavy atom. The van der Waals surface area contributed by atoms with E-state index < -0.39 is 0 Å². The van der Waals surface area contributed by atoms with Gasteiger partial charge in [-0.05, 0) is 25.5 Å². The van der Waals surface area contributed by atoms with E-state index in [9.17, 15) is 0 Å². The molecule has 0 aliphatic rings. The lowest BCUT2D eigenvalue weighted by Gasteiger charge is -2.06. The monoisotopic (exact) mass is 220 g/mol. The van der Waals surface area contributed by atoms with Gasteiger partial charge < -0.3 is 4.74 Å². The van der Waals surface area contributed by atoms with Gasteiger partial charge in [0, 0.05) is 12.6 Å². The molecule has 1 rings (SSSR count). The van der Waals surface area contributed by atoms with Crippen molar-refractivity contribution in [3.8, 4) is 5.75 Å². The Morgan fingerprint density at radius 2 is 2.00 bits per heavy atom. The summed E-state index contributed by atoms with van der Waals surface area (Å²) in [6.45, 7) is 5.85. The van der Waals surface area contributed by atoms with E-state index in [0.29, 0.717) is 6.61 Å². The predicted octanol–water partition coefficient (Wildman–Crippen LogP) is 3.90. The Morgan fingerprint density at radius 3 is 2.75 bits per heavy atom. The van der Waals surface area contributed by atoms with Crippen LogP contribution in [-0.2, 0) is 0 Å². The van der Waals surface area contributed by atoms with Gasteiger partial charge >= 0.3 is 0 Å². The molecule has 0 atom stereocenters. The number of nitrogens with zero attached hydrogens (tertiary/aromatic N) is 1. The molecule has 0 amide bonds. The van der Waals surface area contributed by atoms with Crippen molar-refractivity contribution in [3.05, 3.63) is 24.3 Å². The number of rotatable bonds is 8. The van der Waals surface area contributed by atoms with Gasteiger partial charge in [0.2, 0.25) is 0 Å². The lowest BCUT2D eigenvalue weighted by atomic mass is 10.2. The average Bonchev–Trinajstić information content (AvgIpc) is 2.30. The molecule has 0 unspecified atom stereocenters. The maximum absolute atomic E-state index is 5.43. The van der Waals surface area contributed by atoms with Crippen LogP contribution in [0.15, 0.2) is 24.3 Å². The lowest BCUT2D eigenvalue weighted by molar-refractivity contribution is 0.340.